The first-order valence-corrected chi connectivity index (χ1v) is 38.2. The van der Waals surface area contributed by atoms with Gasteiger partial charge in [-0.05, 0) is 83.5 Å². The lowest BCUT2D eigenvalue weighted by Gasteiger charge is -2.22. The van der Waals surface area contributed by atoms with Crippen LogP contribution in [0.1, 0.15) is 425 Å². The maximum atomic E-state index is 12.5. The van der Waals surface area contributed by atoms with Crippen LogP contribution in [0, 0.1) is 0 Å². The number of hydrogen-bond donors (Lipinski definition) is 3. The number of allylic oxidation sites excluding steroid dienone is 6. The van der Waals surface area contributed by atoms with Crippen molar-refractivity contribution in [2.45, 2.75) is 437 Å². The van der Waals surface area contributed by atoms with E-state index in [9.17, 15) is 19.8 Å². The Morgan fingerprint density at radius 1 is 0.333 bits per heavy atom. The number of ether oxygens (including phenoxy) is 1. The van der Waals surface area contributed by atoms with Gasteiger partial charge >= 0.3 is 5.97 Å². The van der Waals surface area contributed by atoms with Crippen LogP contribution in [0.2, 0.25) is 0 Å². The van der Waals surface area contributed by atoms with Gasteiger partial charge in [0.25, 0.3) is 0 Å². The summed E-state index contributed by atoms with van der Waals surface area (Å²) in [4.78, 5) is 24.6. The first kappa shape index (κ1) is 82.1. The molecule has 0 heterocycles. The summed E-state index contributed by atoms with van der Waals surface area (Å²) < 4.78 is 5.50. The normalized spacial score (nSPS) is 12.7. The Hall–Kier alpha value is -1.92. The van der Waals surface area contributed by atoms with Gasteiger partial charge < -0.3 is 20.3 Å². The molecule has 0 aromatic carbocycles. The van der Waals surface area contributed by atoms with Gasteiger partial charge in [-0.3, -0.25) is 9.59 Å². The van der Waals surface area contributed by atoms with E-state index in [2.05, 4.69) is 55.6 Å². The van der Waals surface area contributed by atoms with E-state index in [0.717, 1.165) is 51.4 Å². The lowest BCUT2D eigenvalue weighted by atomic mass is 10.0. The zero-order chi connectivity index (χ0) is 60.6. The molecule has 0 aromatic rings. The Morgan fingerprint density at radius 2 is 0.595 bits per heavy atom. The quantitative estimate of drug-likeness (QED) is 0.0320. The minimum Gasteiger partial charge on any atom is -0.466 e. The highest BCUT2D eigenvalue weighted by Crippen LogP contribution is 2.19. The maximum absolute atomic E-state index is 12.5. The third kappa shape index (κ3) is 69.2. The van der Waals surface area contributed by atoms with Crippen molar-refractivity contribution in [2.75, 3.05) is 13.2 Å². The van der Waals surface area contributed by atoms with Gasteiger partial charge in [0.1, 0.15) is 0 Å². The molecule has 0 aromatic heterocycles. The number of carbonyl (C=O) groups is 2. The summed E-state index contributed by atoms with van der Waals surface area (Å²) in [6.07, 6.45) is 95.1. The van der Waals surface area contributed by atoms with Gasteiger partial charge in [0, 0.05) is 12.8 Å². The van der Waals surface area contributed by atoms with Crippen LogP contribution in [-0.4, -0.2) is 47.4 Å². The largest absolute Gasteiger partial charge is 0.466 e. The minimum atomic E-state index is -0.663. The lowest BCUT2D eigenvalue weighted by Crippen LogP contribution is -2.45. The van der Waals surface area contributed by atoms with Crippen molar-refractivity contribution in [1.82, 2.24) is 5.32 Å². The van der Waals surface area contributed by atoms with Crippen molar-refractivity contribution in [3.63, 3.8) is 0 Å². The molecule has 2 unspecified atom stereocenters. The van der Waals surface area contributed by atoms with Crippen LogP contribution in [0.15, 0.2) is 36.5 Å². The Bertz CT molecular complexity index is 1360. The number of unbranched alkanes of at least 4 members (excludes halogenated alkanes) is 55. The van der Waals surface area contributed by atoms with Crippen molar-refractivity contribution >= 4 is 11.9 Å². The van der Waals surface area contributed by atoms with Gasteiger partial charge in [-0.1, -0.05) is 365 Å². The van der Waals surface area contributed by atoms with Crippen LogP contribution < -0.4 is 5.32 Å². The molecule has 6 heteroatoms. The summed E-state index contributed by atoms with van der Waals surface area (Å²) in [6.45, 7) is 4.98. The van der Waals surface area contributed by atoms with Crippen molar-refractivity contribution < 1.29 is 24.5 Å². The SMILES string of the molecule is CCCCCCCCC/C=C\CCCCCCCC(=O)OCCCCCCCCCCCCC/C=C\C/C=C\CCCCCCCCCCCCCCCCCCCC(=O)NC(CO)C(O)CCCCCCCCCCCCCCCCCC. The topological polar surface area (TPSA) is 95.9 Å². The smallest absolute Gasteiger partial charge is 0.305 e. The molecule has 3 N–H and O–H groups in total. The Balaban J connectivity index is 3.36. The van der Waals surface area contributed by atoms with E-state index >= 15 is 0 Å². The molecule has 0 aliphatic heterocycles. The van der Waals surface area contributed by atoms with Crippen molar-refractivity contribution in [3.05, 3.63) is 36.5 Å². The highest BCUT2D eigenvalue weighted by Gasteiger charge is 2.20. The first-order chi connectivity index (χ1) is 41.5. The van der Waals surface area contributed by atoms with E-state index in [0.29, 0.717) is 25.9 Å². The average molecular weight is 1180 g/mol. The Morgan fingerprint density at radius 3 is 0.917 bits per heavy atom. The molecule has 0 fully saturated rings. The van der Waals surface area contributed by atoms with E-state index in [-0.39, 0.29) is 18.5 Å². The van der Waals surface area contributed by atoms with Crippen LogP contribution >= 0.6 is 0 Å². The van der Waals surface area contributed by atoms with Gasteiger partial charge in [-0.15, -0.1) is 0 Å². The molecule has 6 nitrogen and oxygen atoms in total. The van der Waals surface area contributed by atoms with Crippen LogP contribution in [0.4, 0.5) is 0 Å². The molecule has 84 heavy (non-hydrogen) atoms. The standard InChI is InChI=1S/C78H149NO5/c1-3-5-7-9-11-13-15-17-19-42-46-50-54-58-62-66-70-76(81)75(74-80)79-77(82)71-67-63-59-55-51-47-43-40-38-36-34-32-30-28-26-24-22-21-23-25-27-29-31-33-35-37-39-41-45-49-53-57-61-65-69-73-84-78(83)72-68-64-60-56-52-48-44-20-18-16-14-12-10-8-6-4-2/h20,23,25,29,31,44,75-76,80-81H,3-19,21-22,24,26-28,30,32-43,45-74H2,1-2H3,(H,79,82)/b25-23-,31-29-,44-20-. The summed E-state index contributed by atoms with van der Waals surface area (Å²) >= 11 is 0. The molecular weight excluding hydrogens is 1030 g/mol. The molecule has 0 rings (SSSR count). The first-order valence-electron chi connectivity index (χ1n) is 38.2. The molecule has 2 atom stereocenters. The van der Waals surface area contributed by atoms with E-state index < -0.39 is 12.1 Å². The summed E-state index contributed by atoms with van der Waals surface area (Å²) in [5, 5.41) is 23.4. The van der Waals surface area contributed by atoms with E-state index in [4.69, 9.17) is 4.74 Å². The summed E-state index contributed by atoms with van der Waals surface area (Å²) in [5.41, 5.74) is 0. The molecule has 0 radical (unpaired) electrons. The monoisotopic (exact) mass is 1180 g/mol. The number of aliphatic hydroxyl groups excluding tert-OH is 2. The molecule has 496 valence electrons. The molecule has 0 spiro atoms. The number of amides is 1. The summed E-state index contributed by atoms with van der Waals surface area (Å²) in [6, 6.07) is -0.540. The van der Waals surface area contributed by atoms with Crippen LogP contribution in [0.3, 0.4) is 0 Å². The van der Waals surface area contributed by atoms with Gasteiger partial charge in [-0.2, -0.15) is 0 Å². The molecule has 0 saturated carbocycles. The molecule has 1 amide bonds. The van der Waals surface area contributed by atoms with Gasteiger partial charge in [0.2, 0.25) is 5.91 Å². The zero-order valence-corrected chi connectivity index (χ0v) is 56.9. The van der Waals surface area contributed by atoms with E-state index in [1.807, 2.05) is 0 Å². The number of rotatable bonds is 72. The number of esters is 1. The predicted octanol–water partition coefficient (Wildman–Crippen LogP) is 25.0. The predicted molar refractivity (Wildman–Crippen MR) is 370 cm³/mol. The van der Waals surface area contributed by atoms with Crippen LogP contribution in [0.25, 0.3) is 0 Å². The highest BCUT2D eigenvalue weighted by molar-refractivity contribution is 5.76. The molecule has 0 saturated heterocycles. The van der Waals surface area contributed by atoms with Crippen molar-refractivity contribution in [1.29, 1.82) is 0 Å². The molecule has 0 bridgehead atoms. The second-order valence-corrected chi connectivity index (χ2v) is 26.3. The molecule has 0 aliphatic carbocycles. The van der Waals surface area contributed by atoms with Gasteiger partial charge in [0.15, 0.2) is 0 Å². The third-order valence-corrected chi connectivity index (χ3v) is 17.9. The number of nitrogens with one attached hydrogen (secondary N) is 1. The average Bonchev–Trinajstić information content (AvgIpc) is 3.51. The minimum absolute atomic E-state index is 0.00997. The maximum Gasteiger partial charge on any atom is 0.305 e. The van der Waals surface area contributed by atoms with Crippen molar-refractivity contribution in [2.24, 2.45) is 0 Å². The summed E-state index contributed by atoms with van der Waals surface area (Å²) in [5.74, 6) is -0.0193. The molecule has 0 aliphatic rings. The fourth-order valence-electron chi connectivity index (χ4n) is 12.1. The summed E-state index contributed by atoms with van der Waals surface area (Å²) in [7, 11) is 0. The number of carbonyl (C=O) groups excluding carboxylic acids is 2. The molecular formula is C78H149NO5. The lowest BCUT2D eigenvalue weighted by molar-refractivity contribution is -0.143. The fraction of sp³-hybridized carbons (Fsp3) is 0.897. The number of aliphatic hydroxyl groups is 2. The van der Waals surface area contributed by atoms with E-state index in [1.54, 1.807) is 0 Å². The van der Waals surface area contributed by atoms with Crippen LogP contribution in [0.5, 0.6) is 0 Å². The van der Waals surface area contributed by atoms with E-state index in [1.165, 1.54) is 340 Å². The van der Waals surface area contributed by atoms with Crippen LogP contribution in [-0.2, 0) is 14.3 Å². The van der Waals surface area contributed by atoms with Crippen molar-refractivity contribution in [3.8, 4) is 0 Å². The Labute approximate surface area is 525 Å². The highest BCUT2D eigenvalue weighted by atomic mass is 16.5. The zero-order valence-electron chi connectivity index (χ0n) is 56.9. The van der Waals surface area contributed by atoms with Gasteiger partial charge in [0.05, 0.1) is 25.4 Å². The fourth-order valence-corrected chi connectivity index (χ4v) is 12.1. The second kappa shape index (κ2) is 73.5. The van der Waals surface area contributed by atoms with Gasteiger partial charge in [-0.25, -0.2) is 0 Å². The Kier molecular flexibility index (Phi) is 71.9. The third-order valence-electron chi connectivity index (χ3n) is 17.9. The second-order valence-electron chi connectivity index (χ2n) is 26.3. The number of hydrogen-bond acceptors (Lipinski definition) is 5.